The van der Waals surface area contributed by atoms with Gasteiger partial charge in [0.25, 0.3) is 0 Å². The number of benzene rings is 2. The second kappa shape index (κ2) is 8.83. The van der Waals surface area contributed by atoms with Crippen molar-refractivity contribution >= 4 is 11.0 Å². The Morgan fingerprint density at radius 2 is 1.90 bits per heavy atom. The van der Waals surface area contributed by atoms with Crippen LogP contribution in [0.25, 0.3) is 22.4 Å². The van der Waals surface area contributed by atoms with E-state index in [9.17, 15) is 0 Å². The Morgan fingerprint density at radius 1 is 1.03 bits per heavy atom. The van der Waals surface area contributed by atoms with Crippen LogP contribution in [0.1, 0.15) is 11.1 Å². The molecule has 0 aliphatic carbocycles. The molecule has 2 aromatic heterocycles. The maximum atomic E-state index is 6.11. The Hall–Kier alpha value is -2.93. The number of nitrogens with zero attached hydrogens (tertiary/aromatic N) is 2. The highest BCUT2D eigenvalue weighted by atomic mass is 16.6. The fourth-order valence-corrected chi connectivity index (χ4v) is 3.77. The van der Waals surface area contributed by atoms with Crippen molar-refractivity contribution in [1.82, 2.24) is 15.1 Å². The molecule has 0 spiro atoms. The molecule has 154 valence electrons. The maximum absolute atomic E-state index is 6.11. The molecular weight excluding hydrogens is 378 g/mol. The van der Waals surface area contributed by atoms with Crippen LogP contribution in [0.2, 0.25) is 0 Å². The molecule has 30 heavy (non-hydrogen) atoms. The molecule has 0 bridgehead atoms. The molecule has 2 aromatic carbocycles. The van der Waals surface area contributed by atoms with Crippen LogP contribution < -0.4 is 5.32 Å². The topological polar surface area (TPSA) is 61.5 Å². The number of furan rings is 1. The van der Waals surface area contributed by atoms with Gasteiger partial charge in [-0.2, -0.15) is 5.10 Å². The molecule has 5 rings (SSSR count). The van der Waals surface area contributed by atoms with Gasteiger partial charge in [0.2, 0.25) is 0 Å². The predicted molar refractivity (Wildman–Crippen MR) is 115 cm³/mol. The van der Waals surface area contributed by atoms with Gasteiger partial charge in [-0.3, -0.25) is 4.68 Å². The SMILES string of the molecule is c1ccc(Cn2cc(CNC[C@H]3COCCO3)c(-c3cc4ccccc4o3)n2)cc1. The molecule has 1 N–H and O–H groups in total. The molecule has 1 saturated heterocycles. The molecule has 0 amide bonds. The zero-order valence-corrected chi connectivity index (χ0v) is 16.8. The highest BCUT2D eigenvalue weighted by molar-refractivity contribution is 5.82. The van der Waals surface area contributed by atoms with Crippen LogP contribution in [-0.4, -0.2) is 42.2 Å². The van der Waals surface area contributed by atoms with Crippen molar-refractivity contribution < 1.29 is 13.9 Å². The second-order valence-electron chi connectivity index (χ2n) is 7.53. The molecule has 1 atom stereocenters. The Morgan fingerprint density at radius 3 is 2.73 bits per heavy atom. The summed E-state index contributed by atoms with van der Waals surface area (Å²) in [6.45, 7) is 4.11. The molecule has 6 heteroatoms. The third kappa shape index (κ3) is 4.31. The van der Waals surface area contributed by atoms with E-state index in [0.717, 1.165) is 34.5 Å². The van der Waals surface area contributed by atoms with Crippen LogP contribution in [0.4, 0.5) is 0 Å². The van der Waals surface area contributed by atoms with Gasteiger partial charge in [-0.15, -0.1) is 0 Å². The minimum absolute atomic E-state index is 0.0905. The lowest BCUT2D eigenvalue weighted by Gasteiger charge is -2.23. The number of para-hydroxylation sites is 1. The summed E-state index contributed by atoms with van der Waals surface area (Å²) in [6.07, 6.45) is 2.19. The van der Waals surface area contributed by atoms with Gasteiger partial charge in [0, 0.05) is 30.2 Å². The van der Waals surface area contributed by atoms with E-state index in [1.54, 1.807) is 0 Å². The first-order valence-electron chi connectivity index (χ1n) is 10.3. The molecule has 0 unspecified atom stereocenters. The van der Waals surface area contributed by atoms with Crippen molar-refractivity contribution in [3.8, 4) is 11.5 Å². The summed E-state index contributed by atoms with van der Waals surface area (Å²) < 4.78 is 19.3. The second-order valence-corrected chi connectivity index (χ2v) is 7.53. The Kier molecular flexibility index (Phi) is 5.61. The van der Waals surface area contributed by atoms with E-state index in [-0.39, 0.29) is 6.10 Å². The highest BCUT2D eigenvalue weighted by Gasteiger charge is 2.18. The van der Waals surface area contributed by atoms with E-state index in [0.29, 0.717) is 32.9 Å². The summed E-state index contributed by atoms with van der Waals surface area (Å²) in [5.41, 5.74) is 4.05. The van der Waals surface area contributed by atoms with Crippen LogP contribution in [-0.2, 0) is 22.6 Å². The largest absolute Gasteiger partial charge is 0.454 e. The van der Waals surface area contributed by atoms with Gasteiger partial charge < -0.3 is 19.2 Å². The smallest absolute Gasteiger partial charge is 0.156 e. The third-order valence-electron chi connectivity index (χ3n) is 5.26. The lowest BCUT2D eigenvalue weighted by Crippen LogP contribution is -2.37. The van der Waals surface area contributed by atoms with Gasteiger partial charge in [-0.25, -0.2) is 0 Å². The quantitative estimate of drug-likeness (QED) is 0.508. The molecule has 4 aromatic rings. The normalized spacial score (nSPS) is 16.9. The van der Waals surface area contributed by atoms with Gasteiger partial charge in [0.1, 0.15) is 11.3 Å². The number of ether oxygens (including phenoxy) is 2. The fourth-order valence-electron chi connectivity index (χ4n) is 3.77. The predicted octanol–water partition coefficient (Wildman–Crippen LogP) is 3.85. The Balaban J connectivity index is 1.39. The summed E-state index contributed by atoms with van der Waals surface area (Å²) in [4.78, 5) is 0. The van der Waals surface area contributed by atoms with Crippen LogP contribution in [0.5, 0.6) is 0 Å². The number of rotatable bonds is 7. The van der Waals surface area contributed by atoms with E-state index < -0.39 is 0 Å². The van der Waals surface area contributed by atoms with Gasteiger partial charge in [0.05, 0.1) is 32.5 Å². The van der Waals surface area contributed by atoms with Crippen molar-refractivity contribution in [1.29, 1.82) is 0 Å². The Bertz CT molecular complexity index is 1060. The van der Waals surface area contributed by atoms with Gasteiger partial charge in [-0.05, 0) is 17.7 Å². The molecule has 1 aliphatic heterocycles. The fraction of sp³-hybridized carbons (Fsp3) is 0.292. The molecule has 6 nitrogen and oxygen atoms in total. The Labute approximate surface area is 175 Å². The van der Waals surface area contributed by atoms with Gasteiger partial charge >= 0.3 is 0 Å². The molecule has 0 radical (unpaired) electrons. The first kappa shape index (κ1) is 19.1. The summed E-state index contributed by atoms with van der Waals surface area (Å²) in [5, 5.41) is 9.44. The first-order chi connectivity index (χ1) is 14.8. The van der Waals surface area contributed by atoms with Crippen LogP contribution in [0.3, 0.4) is 0 Å². The van der Waals surface area contributed by atoms with Crippen LogP contribution in [0.15, 0.2) is 71.3 Å². The molecule has 0 saturated carbocycles. The lowest BCUT2D eigenvalue weighted by atomic mass is 10.2. The summed E-state index contributed by atoms with van der Waals surface area (Å²) in [6, 6.07) is 20.5. The lowest BCUT2D eigenvalue weighted by molar-refractivity contribution is -0.0864. The van der Waals surface area contributed by atoms with Gasteiger partial charge in [-0.1, -0.05) is 48.5 Å². The van der Waals surface area contributed by atoms with Crippen molar-refractivity contribution in [2.24, 2.45) is 0 Å². The van der Waals surface area contributed by atoms with E-state index >= 15 is 0 Å². The van der Waals surface area contributed by atoms with Gasteiger partial charge in [0.15, 0.2) is 5.76 Å². The zero-order chi connectivity index (χ0) is 20.2. The average Bonchev–Trinajstić information content (AvgIpc) is 3.39. The van der Waals surface area contributed by atoms with Crippen molar-refractivity contribution in [2.75, 3.05) is 26.4 Å². The molecule has 3 heterocycles. The first-order valence-corrected chi connectivity index (χ1v) is 10.3. The average molecular weight is 403 g/mol. The third-order valence-corrected chi connectivity index (χ3v) is 5.26. The van der Waals surface area contributed by atoms with Crippen molar-refractivity contribution in [2.45, 2.75) is 19.2 Å². The minimum atomic E-state index is 0.0905. The minimum Gasteiger partial charge on any atom is -0.454 e. The number of aromatic nitrogens is 2. The number of hydrogen-bond donors (Lipinski definition) is 1. The highest BCUT2D eigenvalue weighted by Crippen LogP contribution is 2.29. The molecule has 1 aliphatic rings. The maximum Gasteiger partial charge on any atom is 0.156 e. The monoisotopic (exact) mass is 403 g/mol. The van der Waals surface area contributed by atoms with E-state index in [1.807, 2.05) is 41.1 Å². The van der Waals surface area contributed by atoms with Crippen LogP contribution >= 0.6 is 0 Å². The number of nitrogens with one attached hydrogen (secondary N) is 1. The summed E-state index contributed by atoms with van der Waals surface area (Å²) in [5.74, 6) is 0.789. The number of hydrogen-bond acceptors (Lipinski definition) is 5. The zero-order valence-electron chi connectivity index (χ0n) is 16.8. The van der Waals surface area contributed by atoms with E-state index in [1.165, 1.54) is 5.56 Å². The summed E-state index contributed by atoms with van der Waals surface area (Å²) >= 11 is 0. The number of fused-ring (bicyclic) bond motifs is 1. The standard InChI is InChI=1S/C24H25N3O3/c1-2-6-18(7-3-1)15-27-16-20(13-25-14-21-17-28-10-11-29-21)24(26-27)23-12-19-8-4-5-9-22(19)30-23/h1-9,12,16,21,25H,10-11,13-15,17H2/t21-/m0/s1. The van der Waals surface area contributed by atoms with Crippen molar-refractivity contribution in [3.05, 3.63) is 78.0 Å². The van der Waals surface area contributed by atoms with E-state index in [2.05, 4.69) is 35.8 Å². The molecule has 1 fully saturated rings. The van der Waals surface area contributed by atoms with Crippen molar-refractivity contribution in [3.63, 3.8) is 0 Å². The van der Waals surface area contributed by atoms with E-state index in [4.69, 9.17) is 19.0 Å². The van der Waals surface area contributed by atoms with Crippen LogP contribution in [0, 0.1) is 0 Å². The molecular formula is C24H25N3O3. The summed E-state index contributed by atoms with van der Waals surface area (Å²) in [7, 11) is 0.